The first-order valence-electron chi connectivity index (χ1n) is 6.39. The van der Waals surface area contributed by atoms with Gasteiger partial charge in [-0.1, -0.05) is 0 Å². The molecule has 0 unspecified atom stereocenters. The van der Waals surface area contributed by atoms with E-state index in [1.807, 2.05) is 0 Å². The second kappa shape index (κ2) is 6.50. The number of hydrogen-bond acceptors (Lipinski definition) is 2. The van der Waals surface area contributed by atoms with Crippen LogP contribution in [0.3, 0.4) is 0 Å². The van der Waals surface area contributed by atoms with E-state index >= 15 is 0 Å². The lowest BCUT2D eigenvalue weighted by molar-refractivity contribution is -0.137. The Labute approximate surface area is 130 Å². The van der Waals surface area contributed by atoms with Crippen molar-refractivity contribution in [2.24, 2.45) is 0 Å². The Morgan fingerprint density at radius 2 is 1.25 bits per heavy atom. The Morgan fingerprint density at radius 1 is 0.792 bits per heavy atom. The van der Waals surface area contributed by atoms with Crippen LogP contribution in [-0.4, -0.2) is 12.6 Å². The predicted molar refractivity (Wildman–Crippen MR) is 69.3 cm³/mol. The van der Waals surface area contributed by atoms with Crippen LogP contribution in [0.5, 0.6) is 0 Å². The second-order valence-electron chi connectivity index (χ2n) is 4.45. The molecule has 0 amide bonds. The van der Waals surface area contributed by atoms with Gasteiger partial charge in [0, 0.05) is 6.08 Å². The summed E-state index contributed by atoms with van der Waals surface area (Å²) in [6.07, 6.45) is 0.911. The summed E-state index contributed by atoms with van der Waals surface area (Å²) in [5.74, 6) is -16.4. The molecule has 0 atom stereocenters. The quantitative estimate of drug-likeness (QED) is 0.269. The Bertz CT molecular complexity index is 875. The first-order valence-corrected chi connectivity index (χ1v) is 6.39. The summed E-state index contributed by atoms with van der Waals surface area (Å²) in [5, 5.41) is -3.33. The van der Waals surface area contributed by atoms with E-state index < -0.39 is 63.0 Å². The molecule has 0 bridgehead atoms. The zero-order chi connectivity index (χ0) is 18.2. The number of ether oxygens (including phenoxy) is 1. The van der Waals surface area contributed by atoms with E-state index in [9.17, 15) is 35.5 Å². The Morgan fingerprint density at radius 3 is 1.75 bits per heavy atom. The third-order valence-electron chi connectivity index (χ3n) is 3.04. The maximum Gasteiger partial charge on any atom is 0.330 e. The summed E-state index contributed by atoms with van der Waals surface area (Å²) >= 11 is 0. The zero-order valence-corrected chi connectivity index (χ0v) is 11.8. The Kier molecular flexibility index (Phi) is 4.81. The van der Waals surface area contributed by atoms with Crippen LogP contribution in [0, 0.1) is 40.7 Å². The monoisotopic (exact) mass is 352 g/mol. The molecule has 24 heavy (non-hydrogen) atoms. The van der Waals surface area contributed by atoms with Crippen molar-refractivity contribution in [1.82, 2.24) is 0 Å². The van der Waals surface area contributed by atoms with Crippen LogP contribution < -0.4 is 0 Å². The van der Waals surface area contributed by atoms with Gasteiger partial charge in [-0.2, -0.15) is 0 Å². The summed E-state index contributed by atoms with van der Waals surface area (Å²) < 4.78 is 99.9. The predicted octanol–water partition coefficient (Wildman–Crippen LogP) is 4.39. The molecule has 2 nitrogen and oxygen atoms in total. The van der Waals surface area contributed by atoms with Crippen molar-refractivity contribution in [3.05, 3.63) is 52.4 Å². The summed E-state index contributed by atoms with van der Waals surface area (Å²) in [7, 11) is 0. The van der Waals surface area contributed by atoms with Gasteiger partial charge in [-0.25, -0.2) is 35.5 Å². The average Bonchev–Trinajstić information content (AvgIpc) is 2.54. The van der Waals surface area contributed by atoms with Crippen LogP contribution in [0.4, 0.5) is 30.7 Å². The van der Waals surface area contributed by atoms with Gasteiger partial charge in [-0.3, -0.25) is 0 Å². The molecule has 0 aliphatic rings. The molecule has 2 aromatic rings. The molecule has 0 aliphatic carbocycles. The van der Waals surface area contributed by atoms with Gasteiger partial charge < -0.3 is 4.74 Å². The van der Waals surface area contributed by atoms with E-state index in [-0.39, 0.29) is 6.61 Å². The normalized spacial score (nSPS) is 11.5. The fraction of sp³-hybridized carbons (Fsp3) is 0.133. The SMILES string of the molecule is CCOC(=O)/C=C/c1c(F)c(F)c2c(F)c(F)c(F)c(F)c2c1F. The number of carbonyl (C=O) groups excluding carboxylic acids is 1. The lowest BCUT2D eigenvalue weighted by Crippen LogP contribution is -2.06. The van der Waals surface area contributed by atoms with Gasteiger partial charge >= 0.3 is 5.97 Å². The van der Waals surface area contributed by atoms with Gasteiger partial charge in [-0.05, 0) is 13.0 Å². The fourth-order valence-electron chi connectivity index (χ4n) is 1.99. The van der Waals surface area contributed by atoms with Crippen LogP contribution >= 0.6 is 0 Å². The van der Waals surface area contributed by atoms with E-state index in [4.69, 9.17) is 0 Å². The third kappa shape index (κ3) is 2.70. The highest BCUT2D eigenvalue weighted by Crippen LogP contribution is 2.34. The van der Waals surface area contributed by atoms with Gasteiger partial charge in [0.2, 0.25) is 0 Å². The first-order chi connectivity index (χ1) is 11.2. The molecule has 0 aromatic heterocycles. The molecule has 2 rings (SSSR count). The van der Waals surface area contributed by atoms with Gasteiger partial charge in [0.25, 0.3) is 0 Å². The number of rotatable bonds is 3. The molecular weight excluding hydrogens is 345 g/mol. The number of carbonyl (C=O) groups is 1. The topological polar surface area (TPSA) is 26.3 Å². The standard InChI is InChI=1S/C15H7F7O2/c1-2-24-6(23)4-3-5-9(16)7-8(11(18)10(5)17)13(20)15(22)14(21)12(7)19/h3-4H,2H2,1H3/b4-3+. The van der Waals surface area contributed by atoms with E-state index in [0.717, 1.165) is 0 Å². The molecule has 128 valence electrons. The lowest BCUT2D eigenvalue weighted by Gasteiger charge is -2.10. The van der Waals surface area contributed by atoms with Gasteiger partial charge in [-0.15, -0.1) is 0 Å². The van der Waals surface area contributed by atoms with Crippen molar-refractivity contribution >= 4 is 22.8 Å². The molecule has 0 fully saturated rings. The minimum Gasteiger partial charge on any atom is -0.463 e. The largest absolute Gasteiger partial charge is 0.463 e. The molecule has 0 radical (unpaired) electrons. The molecular formula is C15H7F7O2. The van der Waals surface area contributed by atoms with E-state index in [1.54, 1.807) is 0 Å². The molecule has 0 saturated carbocycles. The Balaban J connectivity index is 2.84. The number of fused-ring (bicyclic) bond motifs is 1. The molecule has 9 heteroatoms. The fourth-order valence-corrected chi connectivity index (χ4v) is 1.99. The molecule has 2 aromatic carbocycles. The van der Waals surface area contributed by atoms with Gasteiger partial charge in [0.1, 0.15) is 5.82 Å². The van der Waals surface area contributed by atoms with Crippen molar-refractivity contribution in [3.63, 3.8) is 0 Å². The smallest absolute Gasteiger partial charge is 0.330 e. The van der Waals surface area contributed by atoms with Gasteiger partial charge in [0.05, 0.1) is 22.9 Å². The van der Waals surface area contributed by atoms with Crippen LogP contribution in [0.15, 0.2) is 6.08 Å². The van der Waals surface area contributed by atoms with Crippen LogP contribution in [0.25, 0.3) is 16.8 Å². The van der Waals surface area contributed by atoms with Crippen molar-refractivity contribution in [2.75, 3.05) is 6.61 Å². The van der Waals surface area contributed by atoms with Crippen molar-refractivity contribution in [3.8, 4) is 0 Å². The van der Waals surface area contributed by atoms with E-state index in [0.29, 0.717) is 12.2 Å². The van der Waals surface area contributed by atoms with E-state index in [2.05, 4.69) is 4.74 Å². The van der Waals surface area contributed by atoms with Crippen LogP contribution in [0.1, 0.15) is 12.5 Å². The molecule has 0 saturated heterocycles. The van der Waals surface area contributed by atoms with Crippen molar-refractivity contribution < 1.29 is 40.3 Å². The van der Waals surface area contributed by atoms with E-state index in [1.165, 1.54) is 6.92 Å². The number of benzene rings is 2. The maximum atomic E-state index is 14.2. The number of halogens is 7. The number of esters is 1. The highest BCUT2D eigenvalue weighted by molar-refractivity contribution is 5.91. The Hall–Kier alpha value is -2.58. The van der Waals surface area contributed by atoms with Crippen molar-refractivity contribution in [1.29, 1.82) is 0 Å². The molecule has 0 aliphatic heterocycles. The lowest BCUT2D eigenvalue weighted by atomic mass is 10.0. The summed E-state index contributed by atoms with van der Waals surface area (Å²) in [5.41, 5.74) is -1.28. The minimum absolute atomic E-state index is 0.0649. The number of hydrogen-bond donors (Lipinski definition) is 0. The molecule has 0 spiro atoms. The highest BCUT2D eigenvalue weighted by atomic mass is 19.2. The average molecular weight is 352 g/mol. The zero-order valence-electron chi connectivity index (χ0n) is 11.8. The van der Waals surface area contributed by atoms with Gasteiger partial charge in [0.15, 0.2) is 34.9 Å². The minimum atomic E-state index is -2.41. The summed E-state index contributed by atoms with van der Waals surface area (Å²) in [4.78, 5) is 11.1. The molecule has 0 N–H and O–H groups in total. The molecule has 0 heterocycles. The van der Waals surface area contributed by atoms with Crippen LogP contribution in [0.2, 0.25) is 0 Å². The third-order valence-corrected chi connectivity index (χ3v) is 3.04. The first kappa shape index (κ1) is 17.8. The highest BCUT2D eigenvalue weighted by Gasteiger charge is 2.29. The van der Waals surface area contributed by atoms with Crippen LogP contribution in [-0.2, 0) is 9.53 Å². The second-order valence-corrected chi connectivity index (χ2v) is 4.45. The maximum absolute atomic E-state index is 14.2. The summed E-state index contributed by atoms with van der Waals surface area (Å²) in [6, 6.07) is 0. The summed E-state index contributed by atoms with van der Waals surface area (Å²) in [6.45, 7) is 1.38. The van der Waals surface area contributed by atoms with Crippen molar-refractivity contribution in [2.45, 2.75) is 6.92 Å².